The Morgan fingerprint density at radius 3 is 2.25 bits per heavy atom. The van der Waals surface area contributed by atoms with E-state index in [1.54, 1.807) is 9.58 Å². The maximum absolute atomic E-state index is 13.3. The Bertz CT molecular complexity index is 1020. The van der Waals surface area contributed by atoms with Crippen molar-refractivity contribution in [3.63, 3.8) is 0 Å². The molecule has 2 aromatic rings. The lowest BCUT2D eigenvalue weighted by atomic mass is 10.1. The zero-order valence-corrected chi connectivity index (χ0v) is 22.5. The van der Waals surface area contributed by atoms with Gasteiger partial charge in [0.2, 0.25) is 5.91 Å². The summed E-state index contributed by atoms with van der Waals surface area (Å²) >= 11 is 0. The van der Waals surface area contributed by atoms with Gasteiger partial charge in [-0.2, -0.15) is 5.10 Å². The summed E-state index contributed by atoms with van der Waals surface area (Å²) in [5, 5.41) is 5.27. The molecule has 2 aliphatic heterocycles. The highest BCUT2D eigenvalue weighted by molar-refractivity contribution is 6.05. The van der Waals surface area contributed by atoms with Crippen molar-refractivity contribution in [3.8, 4) is 0 Å². The van der Waals surface area contributed by atoms with Crippen molar-refractivity contribution >= 4 is 28.7 Å². The van der Waals surface area contributed by atoms with Crippen molar-refractivity contribution in [3.05, 3.63) is 17.8 Å². The van der Waals surface area contributed by atoms with Crippen LogP contribution in [0.25, 0.3) is 11.0 Å². The first kappa shape index (κ1) is 26.4. The summed E-state index contributed by atoms with van der Waals surface area (Å²) in [4.78, 5) is 36.8. The Hall–Kier alpha value is -2.64. The van der Waals surface area contributed by atoms with Gasteiger partial charge in [0, 0.05) is 39.3 Å². The maximum Gasteiger partial charge on any atom is 0.275 e. The van der Waals surface area contributed by atoms with E-state index in [0.717, 1.165) is 42.8 Å². The minimum Gasteiger partial charge on any atom is -0.357 e. The fourth-order valence-corrected chi connectivity index (χ4v) is 5.72. The number of unbranched alkanes of at least 4 members (excludes halogenated alkanes) is 2. The number of carbonyl (C=O) groups excluding carboxylic acids is 2. The van der Waals surface area contributed by atoms with Gasteiger partial charge < -0.3 is 14.7 Å². The van der Waals surface area contributed by atoms with E-state index in [1.165, 1.54) is 57.8 Å². The molecule has 3 aliphatic rings. The molecule has 36 heavy (non-hydrogen) atoms. The third-order valence-corrected chi connectivity index (χ3v) is 7.82. The number of aromatic nitrogens is 3. The predicted octanol–water partition coefficient (Wildman–Crippen LogP) is 4.77. The number of anilines is 1. The highest BCUT2D eigenvalue weighted by Crippen LogP contribution is 2.27. The van der Waals surface area contributed by atoms with Crippen LogP contribution in [0, 0.1) is 0 Å². The number of hydrogen-bond acceptors (Lipinski definition) is 5. The topological polar surface area (TPSA) is 74.6 Å². The van der Waals surface area contributed by atoms with Crippen LogP contribution in [0.3, 0.4) is 0 Å². The summed E-state index contributed by atoms with van der Waals surface area (Å²) in [7, 11) is 1.83. The lowest BCUT2D eigenvalue weighted by Crippen LogP contribution is -2.55. The molecule has 2 amide bonds. The smallest absolute Gasteiger partial charge is 0.275 e. The molecule has 3 fully saturated rings. The molecule has 0 spiro atoms. The number of hydrogen-bond donors (Lipinski definition) is 0. The molecule has 1 saturated carbocycles. The first-order valence-corrected chi connectivity index (χ1v) is 14.2. The maximum atomic E-state index is 13.3. The second-order valence-corrected chi connectivity index (χ2v) is 10.5. The van der Waals surface area contributed by atoms with Gasteiger partial charge in [-0.1, -0.05) is 58.8 Å². The first-order chi connectivity index (χ1) is 17.5. The van der Waals surface area contributed by atoms with Crippen LogP contribution in [0.15, 0.2) is 12.1 Å². The lowest BCUT2D eigenvalue weighted by Gasteiger charge is -2.37. The van der Waals surface area contributed by atoms with Gasteiger partial charge in [0.05, 0.1) is 5.39 Å². The van der Waals surface area contributed by atoms with Crippen LogP contribution in [0.2, 0.25) is 0 Å². The molecule has 2 aromatic heterocycles. The van der Waals surface area contributed by atoms with Crippen molar-refractivity contribution in [2.75, 3.05) is 37.6 Å². The van der Waals surface area contributed by atoms with E-state index in [9.17, 15) is 9.59 Å². The highest BCUT2D eigenvalue weighted by atomic mass is 16.2. The number of carbonyl (C=O) groups is 2. The molecule has 0 atom stereocenters. The van der Waals surface area contributed by atoms with E-state index in [-0.39, 0.29) is 18.4 Å². The van der Waals surface area contributed by atoms with Gasteiger partial charge in [-0.05, 0) is 37.8 Å². The number of pyridine rings is 1. The van der Waals surface area contributed by atoms with Crippen LogP contribution < -0.4 is 4.90 Å². The van der Waals surface area contributed by atoms with Gasteiger partial charge >= 0.3 is 0 Å². The third kappa shape index (κ3) is 6.01. The second-order valence-electron chi connectivity index (χ2n) is 10.5. The number of aryl methyl sites for hydroxylation is 1. The Morgan fingerprint density at radius 2 is 1.64 bits per heavy atom. The molecular formula is C28H44N6O2. The van der Waals surface area contributed by atoms with E-state index < -0.39 is 0 Å². The molecule has 0 radical (unpaired) electrons. The van der Waals surface area contributed by atoms with Crippen LogP contribution in [0.4, 0.5) is 5.82 Å². The SMILES string of the molecule is CCCCC.Cn1nc(C(=O)N2CCN(C3CCCC3)C(=O)C2)c2ccc(N3CCCCCC3)nc21. The highest BCUT2D eigenvalue weighted by Gasteiger charge is 2.34. The Morgan fingerprint density at radius 1 is 0.944 bits per heavy atom. The standard InChI is InChI=1S/C23H32N6O2.C5H12/c1-26-22-18(10-11-19(24-22)27-12-6-2-3-7-13-27)21(25-26)23(31)28-14-15-29(20(30)16-28)17-8-4-5-9-17;1-3-5-4-2/h10-11,17H,2-9,12-16H2,1H3;3-5H2,1-2H3. The van der Waals surface area contributed by atoms with E-state index >= 15 is 0 Å². The van der Waals surface area contributed by atoms with E-state index in [0.29, 0.717) is 24.8 Å². The Balaban J connectivity index is 0.000000556. The van der Waals surface area contributed by atoms with Crippen LogP contribution in [0.1, 0.15) is 95.0 Å². The largest absolute Gasteiger partial charge is 0.357 e. The molecule has 2 saturated heterocycles. The van der Waals surface area contributed by atoms with Crippen molar-refractivity contribution in [2.45, 2.75) is 90.5 Å². The Kier molecular flexibility index (Phi) is 9.21. The number of nitrogens with zero attached hydrogens (tertiary/aromatic N) is 6. The Labute approximate surface area is 216 Å². The minimum atomic E-state index is -0.172. The second kappa shape index (κ2) is 12.5. The minimum absolute atomic E-state index is 0.0633. The molecule has 1 aliphatic carbocycles. The summed E-state index contributed by atoms with van der Waals surface area (Å²) in [5.41, 5.74) is 1.12. The average molecular weight is 497 g/mol. The summed E-state index contributed by atoms with van der Waals surface area (Å²) in [6, 6.07) is 4.34. The number of rotatable bonds is 5. The summed E-state index contributed by atoms with van der Waals surface area (Å²) in [5.74, 6) is 0.847. The van der Waals surface area contributed by atoms with Crippen LogP contribution in [-0.2, 0) is 11.8 Å². The number of piperazine rings is 1. The molecule has 0 unspecified atom stereocenters. The number of amides is 2. The summed E-state index contributed by atoms with van der Waals surface area (Å²) < 4.78 is 1.69. The predicted molar refractivity (Wildman–Crippen MR) is 144 cm³/mol. The van der Waals surface area contributed by atoms with Crippen molar-refractivity contribution in [1.29, 1.82) is 0 Å². The molecule has 0 bridgehead atoms. The molecule has 4 heterocycles. The summed E-state index contributed by atoms with van der Waals surface area (Å²) in [6.45, 7) is 7.81. The fourth-order valence-electron chi connectivity index (χ4n) is 5.72. The fraction of sp³-hybridized carbons (Fsp3) is 0.714. The average Bonchev–Trinajstić information content (AvgIpc) is 3.44. The molecular weight excluding hydrogens is 452 g/mol. The molecule has 8 heteroatoms. The molecule has 8 nitrogen and oxygen atoms in total. The van der Waals surface area contributed by atoms with Gasteiger partial charge in [-0.3, -0.25) is 9.59 Å². The van der Waals surface area contributed by atoms with E-state index in [4.69, 9.17) is 4.98 Å². The molecule has 5 rings (SSSR count). The number of fused-ring (bicyclic) bond motifs is 1. The van der Waals surface area contributed by atoms with Gasteiger partial charge in [-0.25, -0.2) is 9.67 Å². The van der Waals surface area contributed by atoms with Crippen molar-refractivity contribution in [1.82, 2.24) is 24.6 Å². The van der Waals surface area contributed by atoms with Crippen LogP contribution in [0.5, 0.6) is 0 Å². The van der Waals surface area contributed by atoms with E-state index in [1.807, 2.05) is 24.1 Å². The van der Waals surface area contributed by atoms with Crippen LogP contribution >= 0.6 is 0 Å². The van der Waals surface area contributed by atoms with Crippen molar-refractivity contribution in [2.24, 2.45) is 7.05 Å². The zero-order valence-electron chi connectivity index (χ0n) is 22.5. The monoisotopic (exact) mass is 496 g/mol. The quantitative estimate of drug-likeness (QED) is 0.596. The normalized spacial score (nSPS) is 19.4. The van der Waals surface area contributed by atoms with Gasteiger partial charge in [-0.15, -0.1) is 0 Å². The zero-order chi connectivity index (χ0) is 25.5. The van der Waals surface area contributed by atoms with Gasteiger partial charge in [0.15, 0.2) is 11.3 Å². The first-order valence-electron chi connectivity index (χ1n) is 14.2. The van der Waals surface area contributed by atoms with Crippen LogP contribution in [-0.4, -0.2) is 75.1 Å². The summed E-state index contributed by atoms with van der Waals surface area (Å²) in [6.07, 6.45) is 13.6. The molecule has 198 valence electrons. The molecule has 0 N–H and O–H groups in total. The van der Waals surface area contributed by atoms with Gasteiger partial charge in [0.1, 0.15) is 12.4 Å². The van der Waals surface area contributed by atoms with Gasteiger partial charge in [0.25, 0.3) is 5.91 Å². The van der Waals surface area contributed by atoms with Crippen molar-refractivity contribution < 1.29 is 9.59 Å². The third-order valence-electron chi connectivity index (χ3n) is 7.82. The molecule has 0 aromatic carbocycles. The lowest BCUT2D eigenvalue weighted by molar-refractivity contribution is -0.137. The van der Waals surface area contributed by atoms with E-state index in [2.05, 4.69) is 23.8 Å².